The highest BCUT2D eigenvalue weighted by molar-refractivity contribution is 6.04. The van der Waals surface area contributed by atoms with Gasteiger partial charge in [0.05, 0.1) is 33.4 Å². The van der Waals surface area contributed by atoms with E-state index in [9.17, 15) is 9.59 Å². The summed E-state index contributed by atoms with van der Waals surface area (Å²) in [6.45, 7) is 3.81. The molecule has 0 amide bonds. The number of methoxy groups -OCH3 is 2. The number of carbonyl (C=O) groups is 2. The number of ether oxygens (including phenoxy) is 4. The molecular formula is C16H20O6. The van der Waals surface area contributed by atoms with Crippen LogP contribution in [0.5, 0.6) is 11.5 Å². The maximum atomic E-state index is 12.7. The molecule has 0 fully saturated rings. The fraction of sp³-hybridized carbons (Fsp3) is 0.500. The number of ketones is 1. The summed E-state index contributed by atoms with van der Waals surface area (Å²) < 4.78 is 21.0. The number of hydrogen-bond acceptors (Lipinski definition) is 6. The second-order valence-corrected chi connectivity index (χ2v) is 4.99. The summed E-state index contributed by atoms with van der Waals surface area (Å²) in [5, 5.41) is 0. The Hall–Kier alpha value is -2.08. The van der Waals surface area contributed by atoms with Gasteiger partial charge in [-0.05, 0) is 19.9 Å². The number of Topliss-reactive ketones (excluding diaryl/α,β-unsaturated/α-hetero) is 1. The summed E-state index contributed by atoms with van der Waals surface area (Å²) >= 11 is 0. The van der Waals surface area contributed by atoms with Gasteiger partial charge >= 0.3 is 5.97 Å². The molecule has 0 bridgehead atoms. The van der Waals surface area contributed by atoms with Gasteiger partial charge in [-0.1, -0.05) is 0 Å². The lowest BCUT2D eigenvalue weighted by molar-refractivity contribution is -0.152. The molecule has 2 rings (SSSR count). The van der Waals surface area contributed by atoms with Crippen LogP contribution in [0.25, 0.3) is 0 Å². The van der Waals surface area contributed by atoms with Gasteiger partial charge in [-0.2, -0.15) is 0 Å². The lowest BCUT2D eigenvalue weighted by Gasteiger charge is -2.28. The highest BCUT2D eigenvalue weighted by atomic mass is 16.5. The van der Waals surface area contributed by atoms with Crippen molar-refractivity contribution in [2.45, 2.75) is 26.6 Å². The molecule has 2 unspecified atom stereocenters. The average molecular weight is 308 g/mol. The minimum atomic E-state index is -0.858. The molecule has 6 nitrogen and oxygen atoms in total. The molecule has 0 saturated carbocycles. The molecule has 1 aliphatic rings. The first-order chi connectivity index (χ1) is 10.5. The van der Waals surface area contributed by atoms with Crippen molar-refractivity contribution in [3.8, 4) is 11.5 Å². The summed E-state index contributed by atoms with van der Waals surface area (Å²) in [7, 11) is 3.04. The number of rotatable bonds is 5. The highest BCUT2D eigenvalue weighted by Crippen LogP contribution is 2.35. The topological polar surface area (TPSA) is 71.1 Å². The first-order valence-corrected chi connectivity index (χ1v) is 7.10. The van der Waals surface area contributed by atoms with Crippen LogP contribution >= 0.6 is 0 Å². The molecule has 0 radical (unpaired) electrons. The zero-order chi connectivity index (χ0) is 16.3. The summed E-state index contributed by atoms with van der Waals surface area (Å²) in [6.07, 6.45) is -0.858. The Bertz CT molecular complexity index is 580. The Morgan fingerprint density at radius 2 is 2.09 bits per heavy atom. The van der Waals surface area contributed by atoms with Gasteiger partial charge in [-0.15, -0.1) is 0 Å². The Balaban J connectivity index is 2.35. The molecule has 1 aliphatic heterocycles. The van der Waals surface area contributed by atoms with E-state index >= 15 is 0 Å². The van der Waals surface area contributed by atoms with Gasteiger partial charge in [0.2, 0.25) is 0 Å². The van der Waals surface area contributed by atoms with Crippen molar-refractivity contribution >= 4 is 11.8 Å². The molecule has 0 aromatic heterocycles. The van der Waals surface area contributed by atoms with Gasteiger partial charge in [-0.3, -0.25) is 9.59 Å². The molecule has 0 aliphatic carbocycles. The Kier molecular flexibility index (Phi) is 5.03. The van der Waals surface area contributed by atoms with E-state index in [2.05, 4.69) is 0 Å². The van der Waals surface area contributed by atoms with Crippen molar-refractivity contribution in [3.05, 3.63) is 23.3 Å². The van der Waals surface area contributed by atoms with E-state index in [1.165, 1.54) is 14.2 Å². The third kappa shape index (κ3) is 2.92. The van der Waals surface area contributed by atoms with Crippen LogP contribution in [-0.4, -0.2) is 38.7 Å². The van der Waals surface area contributed by atoms with E-state index in [4.69, 9.17) is 18.9 Å². The van der Waals surface area contributed by atoms with Crippen LogP contribution in [-0.2, 0) is 20.9 Å². The third-order valence-electron chi connectivity index (χ3n) is 3.68. The molecule has 1 aromatic rings. The van der Waals surface area contributed by atoms with Crippen LogP contribution < -0.4 is 9.47 Å². The number of esters is 1. The number of fused-ring (bicyclic) bond motifs is 1. The van der Waals surface area contributed by atoms with E-state index < -0.39 is 18.0 Å². The van der Waals surface area contributed by atoms with Crippen molar-refractivity contribution in [1.82, 2.24) is 0 Å². The predicted octanol–water partition coefficient (Wildman–Crippen LogP) is 1.98. The third-order valence-corrected chi connectivity index (χ3v) is 3.68. The largest absolute Gasteiger partial charge is 0.497 e. The van der Waals surface area contributed by atoms with Crippen molar-refractivity contribution in [3.63, 3.8) is 0 Å². The fourth-order valence-electron chi connectivity index (χ4n) is 2.46. The lowest BCUT2D eigenvalue weighted by atomic mass is 9.90. The van der Waals surface area contributed by atoms with Crippen molar-refractivity contribution < 1.29 is 28.5 Å². The second kappa shape index (κ2) is 6.79. The molecule has 1 heterocycles. The predicted molar refractivity (Wildman–Crippen MR) is 78.3 cm³/mol. The molecule has 6 heteroatoms. The minimum Gasteiger partial charge on any atom is -0.497 e. The van der Waals surface area contributed by atoms with E-state index in [-0.39, 0.29) is 19.0 Å². The average Bonchev–Trinajstić information content (AvgIpc) is 2.54. The zero-order valence-electron chi connectivity index (χ0n) is 13.2. The van der Waals surface area contributed by atoms with Gasteiger partial charge in [0, 0.05) is 17.2 Å². The first-order valence-electron chi connectivity index (χ1n) is 7.10. The van der Waals surface area contributed by atoms with Gasteiger partial charge < -0.3 is 18.9 Å². The van der Waals surface area contributed by atoms with E-state index in [1.807, 2.05) is 0 Å². The van der Waals surface area contributed by atoms with Crippen LogP contribution in [0.2, 0.25) is 0 Å². The molecule has 2 atom stereocenters. The van der Waals surface area contributed by atoms with Crippen LogP contribution in [0.3, 0.4) is 0 Å². The quantitative estimate of drug-likeness (QED) is 0.775. The molecule has 0 spiro atoms. The van der Waals surface area contributed by atoms with E-state index in [0.29, 0.717) is 22.6 Å². The summed E-state index contributed by atoms with van der Waals surface area (Å²) in [4.78, 5) is 24.5. The van der Waals surface area contributed by atoms with Crippen LogP contribution in [0.15, 0.2) is 12.1 Å². The second-order valence-electron chi connectivity index (χ2n) is 4.99. The maximum absolute atomic E-state index is 12.7. The van der Waals surface area contributed by atoms with Gasteiger partial charge in [0.1, 0.15) is 17.6 Å². The normalized spacial score (nSPS) is 18.4. The fourth-order valence-corrected chi connectivity index (χ4v) is 2.46. The van der Waals surface area contributed by atoms with E-state index in [1.54, 1.807) is 26.0 Å². The SMILES string of the molecule is CCOC(=O)C(C)C1OCc2c(OC)cc(OC)cc2C1=O. The van der Waals surface area contributed by atoms with Crippen molar-refractivity contribution in [2.24, 2.45) is 5.92 Å². The molecular weight excluding hydrogens is 288 g/mol. The highest BCUT2D eigenvalue weighted by Gasteiger charge is 2.38. The first kappa shape index (κ1) is 16.3. The van der Waals surface area contributed by atoms with Crippen molar-refractivity contribution in [2.75, 3.05) is 20.8 Å². The van der Waals surface area contributed by atoms with Crippen molar-refractivity contribution in [1.29, 1.82) is 0 Å². The standard InChI is InChI=1S/C16H20O6/c1-5-21-16(18)9(2)15-14(17)11-6-10(19-3)7-13(20-4)12(11)8-22-15/h6-7,9,15H,5,8H2,1-4H3. The minimum absolute atomic E-state index is 0.197. The van der Waals surface area contributed by atoms with Crippen LogP contribution in [0, 0.1) is 5.92 Å². The Labute approximate surface area is 129 Å². The van der Waals surface area contributed by atoms with Gasteiger partial charge in [0.25, 0.3) is 0 Å². The molecule has 0 N–H and O–H groups in total. The Morgan fingerprint density at radius 1 is 1.36 bits per heavy atom. The summed E-state index contributed by atoms with van der Waals surface area (Å²) in [5.74, 6) is -0.325. The lowest BCUT2D eigenvalue weighted by Crippen LogP contribution is -2.39. The summed E-state index contributed by atoms with van der Waals surface area (Å²) in [6, 6.07) is 3.35. The van der Waals surface area contributed by atoms with Crippen LogP contribution in [0.4, 0.5) is 0 Å². The maximum Gasteiger partial charge on any atom is 0.311 e. The number of carbonyl (C=O) groups excluding carboxylic acids is 2. The van der Waals surface area contributed by atoms with Gasteiger partial charge in [-0.25, -0.2) is 0 Å². The molecule has 0 saturated heterocycles. The molecule has 22 heavy (non-hydrogen) atoms. The van der Waals surface area contributed by atoms with Crippen LogP contribution in [0.1, 0.15) is 29.8 Å². The Morgan fingerprint density at radius 3 is 2.68 bits per heavy atom. The molecule has 1 aromatic carbocycles. The number of benzene rings is 1. The number of hydrogen-bond donors (Lipinski definition) is 0. The molecule has 120 valence electrons. The zero-order valence-corrected chi connectivity index (χ0v) is 13.2. The van der Waals surface area contributed by atoms with Gasteiger partial charge in [0.15, 0.2) is 5.78 Å². The van der Waals surface area contributed by atoms with E-state index in [0.717, 1.165) is 0 Å². The monoisotopic (exact) mass is 308 g/mol. The summed E-state index contributed by atoms with van der Waals surface area (Å²) in [5.41, 5.74) is 1.13. The smallest absolute Gasteiger partial charge is 0.311 e.